The van der Waals surface area contributed by atoms with Gasteiger partial charge in [-0.05, 0) is 44.1 Å². The van der Waals surface area contributed by atoms with Crippen molar-refractivity contribution in [2.45, 2.75) is 38.8 Å². The van der Waals surface area contributed by atoms with Crippen molar-refractivity contribution < 1.29 is 4.79 Å². The summed E-state index contributed by atoms with van der Waals surface area (Å²) in [6.45, 7) is 4.72. The average molecular weight is 275 g/mol. The van der Waals surface area contributed by atoms with Crippen LogP contribution in [-0.4, -0.2) is 37.0 Å². The van der Waals surface area contributed by atoms with Crippen molar-refractivity contribution in [2.75, 3.05) is 25.5 Å². The number of rotatable bonds is 5. The molecule has 1 aromatic rings. The molecule has 1 aliphatic rings. The molecule has 0 bridgehead atoms. The molecule has 1 heterocycles. The van der Waals surface area contributed by atoms with Crippen molar-refractivity contribution in [1.82, 2.24) is 10.2 Å². The highest BCUT2D eigenvalue weighted by atomic mass is 16.1. The molecule has 1 saturated heterocycles. The molecule has 1 fully saturated rings. The molecule has 1 aliphatic heterocycles. The van der Waals surface area contributed by atoms with Gasteiger partial charge in [0.2, 0.25) is 5.91 Å². The summed E-state index contributed by atoms with van der Waals surface area (Å²) in [5, 5.41) is 6.37. The van der Waals surface area contributed by atoms with Gasteiger partial charge in [0.1, 0.15) is 0 Å². The quantitative estimate of drug-likeness (QED) is 0.866. The molecule has 1 unspecified atom stereocenters. The molecule has 0 radical (unpaired) electrons. The standard InChI is InChI=1S/C16H25N3O/c1-13(20)18-15-8-6-14(7-9-15)11-19(2)12-16-5-3-4-10-17-16/h6-9,16-17H,3-5,10-12H2,1-2H3,(H,18,20). The number of anilines is 1. The zero-order valence-electron chi connectivity index (χ0n) is 12.5. The van der Waals surface area contributed by atoms with Crippen LogP contribution in [0.1, 0.15) is 31.7 Å². The molecule has 0 spiro atoms. The van der Waals surface area contributed by atoms with E-state index in [-0.39, 0.29) is 5.91 Å². The van der Waals surface area contributed by atoms with Crippen molar-refractivity contribution in [2.24, 2.45) is 0 Å². The monoisotopic (exact) mass is 275 g/mol. The predicted octanol–water partition coefficient (Wildman–Crippen LogP) is 2.22. The minimum Gasteiger partial charge on any atom is -0.326 e. The van der Waals surface area contributed by atoms with Crippen LogP contribution in [0.15, 0.2) is 24.3 Å². The Labute approximate surface area is 121 Å². The number of piperidine rings is 1. The average Bonchev–Trinajstić information content (AvgIpc) is 2.41. The lowest BCUT2D eigenvalue weighted by atomic mass is 10.0. The van der Waals surface area contributed by atoms with Crippen molar-refractivity contribution in [3.8, 4) is 0 Å². The van der Waals surface area contributed by atoms with E-state index < -0.39 is 0 Å². The Bertz CT molecular complexity index is 424. The van der Waals surface area contributed by atoms with Crippen LogP contribution < -0.4 is 10.6 Å². The van der Waals surface area contributed by atoms with Crippen molar-refractivity contribution >= 4 is 11.6 Å². The Morgan fingerprint density at radius 2 is 2.10 bits per heavy atom. The fourth-order valence-electron chi connectivity index (χ4n) is 2.73. The predicted molar refractivity (Wildman–Crippen MR) is 82.7 cm³/mol. The number of likely N-dealkylation sites (N-methyl/N-ethyl adjacent to an activating group) is 1. The topological polar surface area (TPSA) is 44.4 Å². The molecule has 0 saturated carbocycles. The van der Waals surface area contributed by atoms with E-state index in [1.54, 1.807) is 0 Å². The van der Waals surface area contributed by atoms with E-state index in [0.717, 1.165) is 25.3 Å². The maximum Gasteiger partial charge on any atom is 0.221 e. The van der Waals surface area contributed by atoms with E-state index in [0.29, 0.717) is 6.04 Å². The number of carbonyl (C=O) groups is 1. The molecule has 110 valence electrons. The van der Waals surface area contributed by atoms with Crippen molar-refractivity contribution in [3.05, 3.63) is 29.8 Å². The SMILES string of the molecule is CC(=O)Nc1ccc(CN(C)CC2CCCCN2)cc1. The number of carbonyl (C=O) groups excluding carboxylic acids is 1. The smallest absolute Gasteiger partial charge is 0.221 e. The number of benzene rings is 1. The molecule has 0 aliphatic carbocycles. The van der Waals surface area contributed by atoms with Crippen molar-refractivity contribution in [3.63, 3.8) is 0 Å². The molecule has 0 aromatic heterocycles. The maximum absolute atomic E-state index is 11.0. The summed E-state index contributed by atoms with van der Waals surface area (Å²) < 4.78 is 0. The molecular formula is C16H25N3O. The third-order valence-electron chi connectivity index (χ3n) is 3.67. The van der Waals surface area contributed by atoms with Gasteiger partial charge >= 0.3 is 0 Å². The highest BCUT2D eigenvalue weighted by Gasteiger charge is 2.14. The summed E-state index contributed by atoms with van der Waals surface area (Å²) in [5.41, 5.74) is 2.13. The van der Waals surface area contributed by atoms with Gasteiger partial charge in [-0.1, -0.05) is 18.6 Å². The van der Waals surface area contributed by atoms with Gasteiger partial charge in [0.25, 0.3) is 0 Å². The summed E-state index contributed by atoms with van der Waals surface area (Å²) >= 11 is 0. The molecular weight excluding hydrogens is 250 g/mol. The van der Waals surface area contributed by atoms with Crippen LogP contribution in [0.2, 0.25) is 0 Å². The van der Waals surface area contributed by atoms with Crippen LogP contribution in [0.4, 0.5) is 5.69 Å². The van der Waals surface area contributed by atoms with Crippen LogP contribution in [-0.2, 0) is 11.3 Å². The van der Waals surface area contributed by atoms with E-state index >= 15 is 0 Å². The molecule has 4 heteroatoms. The Balaban J connectivity index is 1.81. The second-order valence-corrected chi connectivity index (χ2v) is 5.72. The lowest BCUT2D eigenvalue weighted by Crippen LogP contribution is -2.42. The molecule has 1 amide bonds. The van der Waals surface area contributed by atoms with E-state index in [4.69, 9.17) is 0 Å². The molecule has 20 heavy (non-hydrogen) atoms. The number of amides is 1. The maximum atomic E-state index is 11.0. The van der Waals surface area contributed by atoms with Crippen LogP contribution in [0.3, 0.4) is 0 Å². The van der Waals surface area contributed by atoms with Gasteiger partial charge in [0.15, 0.2) is 0 Å². The first-order chi connectivity index (χ1) is 9.63. The zero-order valence-corrected chi connectivity index (χ0v) is 12.5. The fourth-order valence-corrected chi connectivity index (χ4v) is 2.73. The van der Waals surface area contributed by atoms with Crippen LogP contribution in [0, 0.1) is 0 Å². The molecule has 4 nitrogen and oxygen atoms in total. The zero-order chi connectivity index (χ0) is 14.4. The second-order valence-electron chi connectivity index (χ2n) is 5.72. The Morgan fingerprint density at radius 1 is 1.35 bits per heavy atom. The normalized spacial score (nSPS) is 19.1. The highest BCUT2D eigenvalue weighted by molar-refractivity contribution is 5.88. The first kappa shape index (κ1) is 15.0. The lowest BCUT2D eigenvalue weighted by Gasteiger charge is -2.28. The Hall–Kier alpha value is -1.39. The number of hydrogen-bond donors (Lipinski definition) is 2. The summed E-state index contributed by atoms with van der Waals surface area (Å²) in [6.07, 6.45) is 3.94. The van der Waals surface area contributed by atoms with E-state index in [1.807, 2.05) is 12.1 Å². The first-order valence-electron chi connectivity index (χ1n) is 7.42. The Morgan fingerprint density at radius 3 is 2.70 bits per heavy atom. The molecule has 2 N–H and O–H groups in total. The third kappa shape index (κ3) is 4.94. The van der Waals surface area contributed by atoms with Gasteiger partial charge in [0.05, 0.1) is 0 Å². The van der Waals surface area contributed by atoms with Gasteiger partial charge in [-0.15, -0.1) is 0 Å². The third-order valence-corrected chi connectivity index (χ3v) is 3.67. The minimum atomic E-state index is -0.0294. The summed E-state index contributed by atoms with van der Waals surface area (Å²) in [6, 6.07) is 8.71. The fraction of sp³-hybridized carbons (Fsp3) is 0.562. The highest BCUT2D eigenvalue weighted by Crippen LogP contribution is 2.13. The molecule has 1 atom stereocenters. The van der Waals surface area contributed by atoms with Crippen molar-refractivity contribution in [1.29, 1.82) is 0 Å². The number of hydrogen-bond acceptors (Lipinski definition) is 3. The van der Waals surface area contributed by atoms with Gasteiger partial charge in [-0.2, -0.15) is 0 Å². The largest absolute Gasteiger partial charge is 0.326 e. The number of nitrogens with one attached hydrogen (secondary N) is 2. The van der Waals surface area contributed by atoms with Crippen LogP contribution >= 0.6 is 0 Å². The summed E-state index contributed by atoms with van der Waals surface area (Å²) in [5.74, 6) is -0.0294. The van der Waals surface area contributed by atoms with Gasteiger partial charge in [0, 0.05) is 31.7 Å². The summed E-state index contributed by atoms with van der Waals surface area (Å²) in [4.78, 5) is 13.3. The van der Waals surface area contributed by atoms with Crippen LogP contribution in [0.25, 0.3) is 0 Å². The number of nitrogens with zero attached hydrogens (tertiary/aromatic N) is 1. The molecule has 1 aromatic carbocycles. The van der Waals surface area contributed by atoms with Gasteiger partial charge in [-0.3, -0.25) is 4.79 Å². The van der Waals surface area contributed by atoms with Crippen LogP contribution in [0.5, 0.6) is 0 Å². The Kier molecular flexibility index (Phi) is 5.56. The first-order valence-corrected chi connectivity index (χ1v) is 7.42. The van der Waals surface area contributed by atoms with E-state index in [2.05, 4.69) is 34.7 Å². The van der Waals surface area contributed by atoms with E-state index in [1.165, 1.54) is 31.7 Å². The molecule has 2 rings (SSSR count). The lowest BCUT2D eigenvalue weighted by molar-refractivity contribution is -0.114. The van der Waals surface area contributed by atoms with Gasteiger partial charge < -0.3 is 15.5 Å². The second kappa shape index (κ2) is 7.41. The van der Waals surface area contributed by atoms with E-state index in [9.17, 15) is 4.79 Å². The van der Waals surface area contributed by atoms with Gasteiger partial charge in [-0.25, -0.2) is 0 Å². The minimum absolute atomic E-state index is 0.0294. The summed E-state index contributed by atoms with van der Waals surface area (Å²) in [7, 11) is 2.16.